The Hall–Kier alpha value is -2.67. The van der Waals surface area contributed by atoms with E-state index in [0.29, 0.717) is 18.1 Å². The molecule has 0 radical (unpaired) electrons. The first-order valence-electron chi connectivity index (χ1n) is 9.69. The highest BCUT2D eigenvalue weighted by Gasteiger charge is 2.26. The summed E-state index contributed by atoms with van der Waals surface area (Å²) >= 11 is 5.74. The van der Waals surface area contributed by atoms with Crippen molar-refractivity contribution in [3.8, 4) is 0 Å². The number of nitrogens with zero attached hydrogens (tertiary/aromatic N) is 3. The van der Waals surface area contributed by atoms with Crippen molar-refractivity contribution in [1.29, 1.82) is 0 Å². The van der Waals surface area contributed by atoms with Gasteiger partial charge >= 0.3 is 5.97 Å². The molecule has 7 nitrogen and oxygen atoms in total. The van der Waals surface area contributed by atoms with E-state index in [-0.39, 0.29) is 11.9 Å². The molecule has 8 heteroatoms. The van der Waals surface area contributed by atoms with Crippen LogP contribution < -0.4 is 10.2 Å². The number of aromatic nitrogens is 2. The molecule has 1 N–H and O–H groups in total. The van der Waals surface area contributed by atoms with Crippen LogP contribution >= 0.6 is 11.6 Å². The van der Waals surface area contributed by atoms with Crippen molar-refractivity contribution >= 4 is 35.5 Å². The molecule has 1 fully saturated rings. The molecular weight excluding hydrogens is 392 g/mol. The molecule has 1 aliphatic heterocycles. The fourth-order valence-electron chi connectivity index (χ4n) is 2.99. The predicted octanol–water partition coefficient (Wildman–Crippen LogP) is 3.38. The number of hydrogen-bond donors (Lipinski definition) is 1. The van der Waals surface area contributed by atoms with Crippen LogP contribution in [0.4, 0.5) is 11.6 Å². The summed E-state index contributed by atoms with van der Waals surface area (Å²) in [5, 5.41) is 11.8. The van der Waals surface area contributed by atoms with Gasteiger partial charge in [-0.3, -0.25) is 4.79 Å². The first-order chi connectivity index (χ1) is 14.1. The standard InChI is InChI=1S/C13H20N4O2.C8H7ClO/c1-3-19-13(18)10-6-8-17(9-7-10)12-5-4-11(14-2)15-16-12;9-8-4-2-1-3-7(8)5-6-10/h4-5,10H,3,6-9H2,1-2H3,(H,14,15);1-4,6H,5H2. The summed E-state index contributed by atoms with van der Waals surface area (Å²) in [4.78, 5) is 23.9. The highest BCUT2D eigenvalue weighted by atomic mass is 35.5. The van der Waals surface area contributed by atoms with Crippen molar-refractivity contribution in [3.05, 3.63) is 47.0 Å². The third-order valence-electron chi connectivity index (χ3n) is 4.61. The first-order valence-corrected chi connectivity index (χ1v) is 10.1. The smallest absolute Gasteiger partial charge is 0.309 e. The van der Waals surface area contributed by atoms with Crippen molar-refractivity contribution in [1.82, 2.24) is 10.2 Å². The van der Waals surface area contributed by atoms with Crippen molar-refractivity contribution in [3.63, 3.8) is 0 Å². The second-order valence-electron chi connectivity index (χ2n) is 6.50. The van der Waals surface area contributed by atoms with Crippen molar-refractivity contribution in [2.45, 2.75) is 26.2 Å². The molecule has 1 aliphatic rings. The molecule has 0 aliphatic carbocycles. The number of ether oxygens (including phenoxy) is 1. The zero-order valence-electron chi connectivity index (χ0n) is 16.8. The van der Waals surface area contributed by atoms with Gasteiger partial charge in [0.1, 0.15) is 12.1 Å². The highest BCUT2D eigenvalue weighted by Crippen LogP contribution is 2.22. The van der Waals surface area contributed by atoms with E-state index in [4.69, 9.17) is 16.3 Å². The Labute approximate surface area is 176 Å². The molecule has 0 atom stereocenters. The van der Waals surface area contributed by atoms with Gasteiger partial charge in [0.25, 0.3) is 0 Å². The number of hydrogen-bond acceptors (Lipinski definition) is 7. The lowest BCUT2D eigenvalue weighted by molar-refractivity contribution is -0.148. The number of esters is 1. The monoisotopic (exact) mass is 418 g/mol. The molecule has 1 aromatic carbocycles. The Morgan fingerprint density at radius 2 is 1.97 bits per heavy atom. The van der Waals surface area contributed by atoms with Crippen LogP contribution in [0.1, 0.15) is 25.3 Å². The maximum atomic E-state index is 11.6. The van der Waals surface area contributed by atoms with Gasteiger partial charge in [-0.15, -0.1) is 10.2 Å². The summed E-state index contributed by atoms with van der Waals surface area (Å²) in [7, 11) is 1.81. The second kappa shape index (κ2) is 12.0. The first kappa shape index (κ1) is 22.6. The van der Waals surface area contributed by atoms with Gasteiger partial charge in [-0.25, -0.2) is 0 Å². The minimum Gasteiger partial charge on any atom is -0.466 e. The van der Waals surface area contributed by atoms with Gasteiger partial charge in [0.15, 0.2) is 5.82 Å². The number of nitrogens with one attached hydrogen (secondary N) is 1. The summed E-state index contributed by atoms with van der Waals surface area (Å²) in [6, 6.07) is 11.2. The van der Waals surface area contributed by atoms with Crippen molar-refractivity contribution in [2.75, 3.05) is 37.0 Å². The van der Waals surface area contributed by atoms with E-state index in [2.05, 4.69) is 20.4 Å². The summed E-state index contributed by atoms with van der Waals surface area (Å²) in [6.45, 7) is 3.93. The van der Waals surface area contributed by atoms with E-state index in [0.717, 1.165) is 49.4 Å². The van der Waals surface area contributed by atoms with Crippen molar-refractivity contribution in [2.24, 2.45) is 5.92 Å². The third kappa shape index (κ3) is 7.02. The van der Waals surface area contributed by atoms with E-state index in [1.807, 2.05) is 44.3 Å². The lowest BCUT2D eigenvalue weighted by Crippen LogP contribution is -2.37. The van der Waals surface area contributed by atoms with E-state index < -0.39 is 0 Å². The van der Waals surface area contributed by atoms with Gasteiger partial charge in [-0.05, 0) is 43.5 Å². The Balaban J connectivity index is 0.000000253. The minimum absolute atomic E-state index is 0.0285. The third-order valence-corrected chi connectivity index (χ3v) is 4.98. The average Bonchev–Trinajstić information content (AvgIpc) is 2.76. The number of halogens is 1. The van der Waals surface area contributed by atoms with Crippen LogP contribution in [0.15, 0.2) is 36.4 Å². The minimum atomic E-state index is -0.0706. The molecule has 3 rings (SSSR count). The van der Waals surface area contributed by atoms with Crippen LogP contribution in [-0.4, -0.2) is 49.2 Å². The van der Waals surface area contributed by atoms with E-state index in [1.54, 1.807) is 6.07 Å². The maximum Gasteiger partial charge on any atom is 0.309 e. The van der Waals surface area contributed by atoms with Crippen LogP contribution in [0.2, 0.25) is 5.02 Å². The van der Waals surface area contributed by atoms with E-state index >= 15 is 0 Å². The molecule has 0 saturated carbocycles. The van der Waals surface area contributed by atoms with Crippen LogP contribution in [0.5, 0.6) is 0 Å². The Bertz CT molecular complexity index is 778. The summed E-state index contributed by atoms with van der Waals surface area (Å²) in [5.74, 6) is 1.57. The fourth-order valence-corrected chi connectivity index (χ4v) is 3.20. The Kier molecular flexibility index (Phi) is 9.37. The maximum absolute atomic E-state index is 11.6. The quantitative estimate of drug-likeness (QED) is 0.568. The van der Waals surface area contributed by atoms with Gasteiger partial charge in [-0.2, -0.15) is 0 Å². The second-order valence-corrected chi connectivity index (χ2v) is 6.91. The normalized spacial score (nSPS) is 13.8. The molecule has 0 amide bonds. The molecule has 2 heterocycles. The average molecular weight is 419 g/mol. The van der Waals surface area contributed by atoms with Crippen LogP contribution in [0, 0.1) is 5.92 Å². The Morgan fingerprint density at radius 3 is 2.52 bits per heavy atom. The van der Waals surface area contributed by atoms with Crippen LogP contribution in [-0.2, 0) is 20.7 Å². The molecule has 0 bridgehead atoms. The number of carbonyl (C=O) groups excluding carboxylic acids is 2. The molecule has 156 valence electrons. The fraction of sp³-hybridized carbons (Fsp3) is 0.429. The van der Waals surface area contributed by atoms with Gasteiger partial charge < -0.3 is 19.7 Å². The van der Waals surface area contributed by atoms with Crippen molar-refractivity contribution < 1.29 is 14.3 Å². The molecule has 0 spiro atoms. The Morgan fingerprint density at radius 1 is 1.24 bits per heavy atom. The largest absolute Gasteiger partial charge is 0.466 e. The molecule has 1 aromatic heterocycles. The SMILES string of the molecule is CCOC(=O)C1CCN(c2ccc(NC)nn2)CC1.O=CCc1ccccc1Cl. The van der Waals surface area contributed by atoms with Gasteiger partial charge in [0.05, 0.1) is 12.5 Å². The predicted molar refractivity (Wildman–Crippen MR) is 114 cm³/mol. The topological polar surface area (TPSA) is 84.4 Å². The number of aldehydes is 1. The summed E-state index contributed by atoms with van der Waals surface area (Å²) in [5.41, 5.74) is 0.888. The number of piperidine rings is 1. The van der Waals surface area contributed by atoms with Crippen LogP contribution in [0.3, 0.4) is 0 Å². The molecule has 29 heavy (non-hydrogen) atoms. The van der Waals surface area contributed by atoms with Crippen LogP contribution in [0.25, 0.3) is 0 Å². The number of anilines is 2. The molecule has 0 unspecified atom stereocenters. The summed E-state index contributed by atoms with van der Waals surface area (Å²) < 4.78 is 5.06. The molecule has 1 saturated heterocycles. The lowest BCUT2D eigenvalue weighted by Gasteiger charge is -2.31. The van der Waals surface area contributed by atoms with Gasteiger partial charge in [0.2, 0.25) is 0 Å². The van der Waals surface area contributed by atoms with E-state index in [9.17, 15) is 9.59 Å². The van der Waals surface area contributed by atoms with Gasteiger partial charge in [0, 0.05) is 31.6 Å². The zero-order valence-corrected chi connectivity index (χ0v) is 17.6. The molecule has 2 aromatic rings. The summed E-state index contributed by atoms with van der Waals surface area (Å²) in [6.07, 6.45) is 2.88. The zero-order chi connectivity index (χ0) is 21.1. The number of rotatable bonds is 6. The highest BCUT2D eigenvalue weighted by molar-refractivity contribution is 6.31. The van der Waals surface area contributed by atoms with Gasteiger partial charge in [-0.1, -0.05) is 29.8 Å². The molecular formula is C21H27ClN4O3. The van der Waals surface area contributed by atoms with E-state index in [1.165, 1.54) is 0 Å². The lowest BCUT2D eigenvalue weighted by atomic mass is 9.97. The number of benzene rings is 1. The number of carbonyl (C=O) groups is 2.